The third kappa shape index (κ3) is 3.05. The molecular formula is C13H15N3O3S. The van der Waals surface area contributed by atoms with Crippen LogP contribution in [0.4, 0.5) is 0 Å². The molecule has 0 bridgehead atoms. The zero-order chi connectivity index (χ0) is 14.8. The first-order chi connectivity index (χ1) is 9.40. The van der Waals surface area contributed by atoms with Crippen molar-refractivity contribution < 1.29 is 12.9 Å². The van der Waals surface area contributed by atoms with Crippen molar-refractivity contribution in [2.75, 3.05) is 0 Å². The lowest BCUT2D eigenvalue weighted by Gasteiger charge is -2.03. The molecule has 0 fully saturated rings. The maximum atomic E-state index is 12.0. The van der Waals surface area contributed by atoms with E-state index in [0.29, 0.717) is 17.0 Å². The average molecular weight is 293 g/mol. The van der Waals surface area contributed by atoms with Crippen molar-refractivity contribution in [1.29, 1.82) is 0 Å². The first-order valence-electron chi connectivity index (χ1n) is 5.94. The Kier molecular flexibility index (Phi) is 3.89. The second kappa shape index (κ2) is 5.46. The molecule has 0 unspecified atom stereocenters. The van der Waals surface area contributed by atoms with Crippen molar-refractivity contribution >= 4 is 16.2 Å². The number of hydrogen-bond donors (Lipinski definition) is 1. The molecule has 0 aliphatic heterocycles. The number of hydrogen-bond acceptors (Lipinski definition) is 5. The van der Waals surface area contributed by atoms with Gasteiger partial charge < -0.3 is 4.52 Å². The predicted octanol–water partition coefficient (Wildman–Crippen LogP) is 1.91. The summed E-state index contributed by atoms with van der Waals surface area (Å²) in [4.78, 5) is 2.33. The molecule has 6 nitrogen and oxygen atoms in total. The molecule has 0 atom stereocenters. The molecule has 1 aromatic heterocycles. The van der Waals surface area contributed by atoms with Gasteiger partial charge in [-0.1, -0.05) is 22.9 Å². The van der Waals surface area contributed by atoms with Crippen LogP contribution < -0.4 is 4.83 Å². The number of nitrogens with one attached hydrogen (secondary N) is 1. The van der Waals surface area contributed by atoms with E-state index < -0.39 is 10.0 Å². The highest BCUT2D eigenvalue weighted by molar-refractivity contribution is 7.89. The molecule has 1 heterocycles. The molecule has 0 radical (unpaired) electrons. The SMILES string of the molecule is Cc1ccc(S(=O)(=O)NN=Cc2c(C)noc2C)cc1. The van der Waals surface area contributed by atoms with E-state index in [4.69, 9.17) is 4.52 Å². The maximum absolute atomic E-state index is 12.0. The highest BCUT2D eigenvalue weighted by atomic mass is 32.2. The second-order valence-electron chi connectivity index (χ2n) is 4.40. The molecule has 1 aromatic carbocycles. The van der Waals surface area contributed by atoms with Gasteiger partial charge in [0.25, 0.3) is 10.0 Å². The maximum Gasteiger partial charge on any atom is 0.276 e. The molecule has 106 valence electrons. The van der Waals surface area contributed by atoms with Crippen LogP contribution in [0.25, 0.3) is 0 Å². The minimum Gasteiger partial charge on any atom is -0.361 e. The summed E-state index contributed by atoms with van der Waals surface area (Å²) in [6.45, 7) is 5.38. The highest BCUT2D eigenvalue weighted by Crippen LogP contribution is 2.11. The van der Waals surface area contributed by atoms with Crippen LogP contribution in [0.2, 0.25) is 0 Å². The van der Waals surface area contributed by atoms with Crippen LogP contribution in [-0.4, -0.2) is 19.8 Å². The van der Waals surface area contributed by atoms with Gasteiger partial charge >= 0.3 is 0 Å². The van der Waals surface area contributed by atoms with Gasteiger partial charge in [-0.15, -0.1) is 0 Å². The fourth-order valence-corrected chi connectivity index (χ4v) is 2.40. The first kappa shape index (κ1) is 14.3. The summed E-state index contributed by atoms with van der Waals surface area (Å²) in [7, 11) is -3.65. The monoisotopic (exact) mass is 293 g/mol. The van der Waals surface area contributed by atoms with E-state index >= 15 is 0 Å². The molecule has 0 spiro atoms. The van der Waals surface area contributed by atoms with E-state index in [1.54, 1.807) is 26.0 Å². The van der Waals surface area contributed by atoms with Crippen LogP contribution in [-0.2, 0) is 10.0 Å². The molecule has 2 rings (SSSR count). The van der Waals surface area contributed by atoms with Gasteiger partial charge in [-0.05, 0) is 32.9 Å². The Morgan fingerprint density at radius 3 is 2.40 bits per heavy atom. The van der Waals surface area contributed by atoms with Crippen LogP contribution in [0.15, 0.2) is 38.8 Å². The van der Waals surface area contributed by atoms with Gasteiger partial charge in [-0.3, -0.25) is 0 Å². The second-order valence-corrected chi connectivity index (χ2v) is 6.06. The molecule has 7 heteroatoms. The third-order valence-electron chi connectivity index (χ3n) is 2.79. The van der Waals surface area contributed by atoms with Crippen LogP contribution in [0.1, 0.15) is 22.6 Å². The Morgan fingerprint density at radius 1 is 1.20 bits per heavy atom. The van der Waals surface area contributed by atoms with Crippen molar-refractivity contribution in [3.8, 4) is 0 Å². The fourth-order valence-electron chi connectivity index (χ4n) is 1.60. The summed E-state index contributed by atoms with van der Waals surface area (Å²) in [5.74, 6) is 0.584. The van der Waals surface area contributed by atoms with E-state index in [1.807, 2.05) is 6.92 Å². The summed E-state index contributed by atoms with van der Waals surface area (Å²) in [5.41, 5.74) is 2.31. The Balaban J connectivity index is 2.16. The summed E-state index contributed by atoms with van der Waals surface area (Å²) in [6.07, 6.45) is 1.38. The van der Waals surface area contributed by atoms with Crippen molar-refractivity contribution in [3.05, 3.63) is 46.8 Å². The number of sulfonamides is 1. The third-order valence-corrected chi connectivity index (χ3v) is 4.02. The molecule has 0 saturated heterocycles. The van der Waals surface area contributed by atoms with Gasteiger partial charge in [0.15, 0.2) is 0 Å². The standard InChI is InChI=1S/C13H15N3O3S/c1-9-4-6-12(7-5-9)20(17,18)16-14-8-13-10(2)15-19-11(13)3/h4-8,16H,1-3H3. The number of aryl methyl sites for hydroxylation is 3. The number of rotatable bonds is 4. The largest absolute Gasteiger partial charge is 0.361 e. The lowest BCUT2D eigenvalue weighted by atomic mass is 10.2. The van der Waals surface area contributed by atoms with E-state index in [1.165, 1.54) is 18.3 Å². The Labute approximate surface area is 117 Å². The molecule has 20 heavy (non-hydrogen) atoms. The molecule has 0 aliphatic carbocycles. The van der Waals surface area contributed by atoms with E-state index in [2.05, 4.69) is 15.1 Å². The summed E-state index contributed by atoms with van der Waals surface area (Å²) in [5, 5.41) is 7.50. The van der Waals surface area contributed by atoms with E-state index in [0.717, 1.165) is 5.56 Å². The normalized spacial score (nSPS) is 11.9. The van der Waals surface area contributed by atoms with Gasteiger partial charge in [0.2, 0.25) is 0 Å². The van der Waals surface area contributed by atoms with Gasteiger partial charge in [0.05, 0.1) is 22.4 Å². The summed E-state index contributed by atoms with van der Waals surface area (Å²) in [6, 6.07) is 6.52. The Bertz CT molecular complexity index is 711. The summed E-state index contributed by atoms with van der Waals surface area (Å²) < 4.78 is 28.9. The van der Waals surface area contributed by atoms with Crippen molar-refractivity contribution in [2.24, 2.45) is 5.10 Å². The average Bonchev–Trinajstić information content (AvgIpc) is 2.71. The number of nitrogens with zero attached hydrogens (tertiary/aromatic N) is 2. The van der Waals surface area contributed by atoms with Crippen molar-refractivity contribution in [3.63, 3.8) is 0 Å². The van der Waals surface area contributed by atoms with Crippen LogP contribution in [0, 0.1) is 20.8 Å². The van der Waals surface area contributed by atoms with Gasteiger partial charge in [0, 0.05) is 0 Å². The predicted molar refractivity (Wildman–Crippen MR) is 75.1 cm³/mol. The molecule has 0 amide bonds. The lowest BCUT2D eigenvalue weighted by Crippen LogP contribution is -2.18. The minimum atomic E-state index is -3.65. The van der Waals surface area contributed by atoms with Gasteiger partial charge in [0.1, 0.15) is 5.76 Å². The van der Waals surface area contributed by atoms with Gasteiger partial charge in [-0.25, -0.2) is 4.83 Å². The molecule has 0 aliphatic rings. The number of hydrazone groups is 1. The number of aromatic nitrogens is 1. The quantitative estimate of drug-likeness (QED) is 0.689. The Morgan fingerprint density at radius 2 is 1.85 bits per heavy atom. The van der Waals surface area contributed by atoms with E-state index in [-0.39, 0.29) is 4.90 Å². The molecule has 2 aromatic rings. The van der Waals surface area contributed by atoms with Crippen molar-refractivity contribution in [1.82, 2.24) is 9.99 Å². The fraction of sp³-hybridized carbons (Fsp3) is 0.231. The van der Waals surface area contributed by atoms with Crippen LogP contribution in [0.3, 0.4) is 0 Å². The zero-order valence-corrected chi connectivity index (χ0v) is 12.2. The summed E-state index contributed by atoms with van der Waals surface area (Å²) >= 11 is 0. The molecule has 0 saturated carbocycles. The first-order valence-corrected chi connectivity index (χ1v) is 7.43. The van der Waals surface area contributed by atoms with E-state index in [9.17, 15) is 8.42 Å². The topological polar surface area (TPSA) is 84.6 Å². The zero-order valence-electron chi connectivity index (χ0n) is 11.4. The highest BCUT2D eigenvalue weighted by Gasteiger charge is 2.12. The molecule has 1 N–H and O–H groups in total. The molecular weight excluding hydrogens is 278 g/mol. The van der Waals surface area contributed by atoms with Crippen LogP contribution in [0.5, 0.6) is 0 Å². The van der Waals surface area contributed by atoms with Gasteiger partial charge in [-0.2, -0.15) is 13.5 Å². The van der Waals surface area contributed by atoms with Crippen LogP contribution >= 0.6 is 0 Å². The smallest absolute Gasteiger partial charge is 0.276 e. The van der Waals surface area contributed by atoms with Crippen molar-refractivity contribution in [2.45, 2.75) is 25.7 Å². The number of benzene rings is 1. The lowest BCUT2D eigenvalue weighted by molar-refractivity contribution is 0.393. The Hall–Kier alpha value is -2.15. The minimum absolute atomic E-state index is 0.166.